The summed E-state index contributed by atoms with van der Waals surface area (Å²) in [4.78, 5) is 11.7. The number of hydrogen-bond acceptors (Lipinski definition) is 4. The van der Waals surface area contributed by atoms with Gasteiger partial charge in [-0.05, 0) is 24.3 Å². The van der Waals surface area contributed by atoms with Crippen LogP contribution in [0.4, 0.5) is 0 Å². The zero-order chi connectivity index (χ0) is 17.0. The van der Waals surface area contributed by atoms with Gasteiger partial charge in [0, 0.05) is 44.5 Å². The van der Waals surface area contributed by atoms with E-state index in [4.69, 9.17) is 0 Å². The minimum Gasteiger partial charge on any atom is -0.355 e. The van der Waals surface area contributed by atoms with Crippen molar-refractivity contribution in [3.05, 3.63) is 47.8 Å². The summed E-state index contributed by atoms with van der Waals surface area (Å²) in [5.74, 6) is -0.253. The maximum Gasteiger partial charge on any atom is 0.251 e. The topological polar surface area (TPSA) is 84.3 Å². The summed E-state index contributed by atoms with van der Waals surface area (Å²) in [5, 5.41) is 6.55. The first kappa shape index (κ1) is 17.2. The van der Waals surface area contributed by atoms with Crippen LogP contribution in [0.25, 0.3) is 0 Å². The Bertz CT molecular complexity index is 781. The molecule has 0 saturated heterocycles. The van der Waals surface area contributed by atoms with Gasteiger partial charge in [0.05, 0.1) is 11.1 Å². The third-order valence-corrected chi connectivity index (χ3v) is 5.39. The van der Waals surface area contributed by atoms with E-state index < -0.39 is 10.0 Å². The Labute approximate surface area is 136 Å². The minimum atomic E-state index is -3.62. The second-order valence-corrected chi connectivity index (χ2v) is 6.99. The van der Waals surface area contributed by atoms with Crippen LogP contribution in [0.15, 0.2) is 41.6 Å². The number of nitrogens with zero attached hydrogens (tertiary/aromatic N) is 3. The van der Waals surface area contributed by atoms with Crippen LogP contribution in [0.5, 0.6) is 0 Å². The molecule has 0 fully saturated rings. The summed E-state index contributed by atoms with van der Waals surface area (Å²) in [6.07, 6.45) is 3.43. The monoisotopic (exact) mass is 336 g/mol. The van der Waals surface area contributed by atoms with Gasteiger partial charge in [-0.15, -0.1) is 0 Å². The van der Waals surface area contributed by atoms with Gasteiger partial charge in [-0.2, -0.15) is 9.40 Å². The van der Waals surface area contributed by atoms with Gasteiger partial charge in [0.1, 0.15) is 0 Å². The summed E-state index contributed by atoms with van der Waals surface area (Å²) in [5.41, 5.74) is 1.24. The van der Waals surface area contributed by atoms with Crippen molar-refractivity contribution in [3.63, 3.8) is 0 Å². The number of sulfonamides is 1. The van der Waals surface area contributed by atoms with Crippen LogP contribution in [-0.2, 0) is 23.6 Å². The number of aromatic nitrogens is 2. The predicted molar refractivity (Wildman–Crippen MR) is 86.3 cm³/mol. The Morgan fingerprint density at radius 1 is 1.30 bits per heavy atom. The van der Waals surface area contributed by atoms with E-state index in [1.807, 2.05) is 0 Å². The molecule has 0 bridgehead atoms. The number of carbonyl (C=O) groups is 1. The van der Waals surface area contributed by atoms with E-state index in [1.165, 1.54) is 35.6 Å². The molecule has 0 atom stereocenters. The summed E-state index contributed by atoms with van der Waals surface area (Å²) in [7, 11) is -0.314. The molecule has 0 aliphatic rings. The molecule has 124 valence electrons. The molecule has 8 heteroatoms. The van der Waals surface area contributed by atoms with Crippen molar-refractivity contribution in [3.8, 4) is 0 Å². The lowest BCUT2D eigenvalue weighted by Gasteiger charge is -2.20. The van der Waals surface area contributed by atoms with Crippen molar-refractivity contribution >= 4 is 15.9 Å². The van der Waals surface area contributed by atoms with Crippen LogP contribution < -0.4 is 5.32 Å². The third-order valence-electron chi connectivity index (χ3n) is 3.45. The number of benzene rings is 1. The quantitative estimate of drug-likeness (QED) is 0.852. The summed E-state index contributed by atoms with van der Waals surface area (Å²) in [6, 6.07) is 5.91. The van der Waals surface area contributed by atoms with Gasteiger partial charge in [0.15, 0.2) is 0 Å². The van der Waals surface area contributed by atoms with Crippen molar-refractivity contribution in [2.75, 3.05) is 13.6 Å². The largest absolute Gasteiger partial charge is 0.355 e. The lowest BCUT2D eigenvalue weighted by atomic mass is 10.2. The Morgan fingerprint density at radius 3 is 2.43 bits per heavy atom. The van der Waals surface area contributed by atoms with E-state index >= 15 is 0 Å². The number of aryl methyl sites for hydroxylation is 1. The zero-order valence-corrected chi connectivity index (χ0v) is 14.2. The van der Waals surface area contributed by atoms with Gasteiger partial charge < -0.3 is 5.32 Å². The van der Waals surface area contributed by atoms with Crippen LogP contribution in [-0.4, -0.2) is 42.0 Å². The molecular weight excluding hydrogens is 316 g/mol. The van der Waals surface area contributed by atoms with Gasteiger partial charge in [0.25, 0.3) is 5.91 Å². The molecule has 0 radical (unpaired) electrons. The SMILES string of the molecule is CCN(Cc1cnn(C)c1)S(=O)(=O)c1ccc(C(=O)NC)cc1. The van der Waals surface area contributed by atoms with Gasteiger partial charge in [0.2, 0.25) is 10.0 Å². The number of amides is 1. The molecule has 1 N–H and O–H groups in total. The molecule has 23 heavy (non-hydrogen) atoms. The highest BCUT2D eigenvalue weighted by Gasteiger charge is 2.23. The molecule has 7 nitrogen and oxygen atoms in total. The second-order valence-electron chi connectivity index (χ2n) is 5.06. The Morgan fingerprint density at radius 2 is 1.96 bits per heavy atom. The van der Waals surface area contributed by atoms with E-state index in [1.54, 1.807) is 31.0 Å². The maximum atomic E-state index is 12.7. The fraction of sp³-hybridized carbons (Fsp3) is 0.333. The molecular formula is C15H20N4O3S. The Kier molecular flexibility index (Phi) is 5.17. The smallest absolute Gasteiger partial charge is 0.251 e. The maximum absolute atomic E-state index is 12.7. The van der Waals surface area contributed by atoms with E-state index in [-0.39, 0.29) is 17.3 Å². The molecule has 1 heterocycles. The fourth-order valence-corrected chi connectivity index (χ4v) is 3.63. The second kappa shape index (κ2) is 6.93. The van der Waals surface area contributed by atoms with Gasteiger partial charge in [-0.25, -0.2) is 8.42 Å². The molecule has 0 saturated carbocycles. The van der Waals surface area contributed by atoms with Crippen LogP contribution >= 0.6 is 0 Å². The Balaban J connectivity index is 2.25. The lowest BCUT2D eigenvalue weighted by Crippen LogP contribution is -2.30. The standard InChI is InChI=1S/C15H20N4O3S/c1-4-19(11-12-9-17-18(3)10-12)23(21,22)14-7-5-13(6-8-14)15(20)16-2/h5-10H,4,11H2,1-3H3,(H,16,20). The van der Waals surface area contributed by atoms with E-state index in [0.717, 1.165) is 5.56 Å². The number of hydrogen-bond donors (Lipinski definition) is 1. The zero-order valence-electron chi connectivity index (χ0n) is 13.4. The van der Waals surface area contributed by atoms with Crippen LogP contribution in [0, 0.1) is 0 Å². The summed E-state index contributed by atoms with van der Waals surface area (Å²) < 4.78 is 28.5. The average molecular weight is 336 g/mol. The number of nitrogens with one attached hydrogen (secondary N) is 1. The van der Waals surface area contributed by atoms with Crippen LogP contribution in [0.3, 0.4) is 0 Å². The fourth-order valence-electron chi connectivity index (χ4n) is 2.20. The lowest BCUT2D eigenvalue weighted by molar-refractivity contribution is 0.0963. The number of carbonyl (C=O) groups excluding carboxylic acids is 1. The predicted octanol–water partition coefficient (Wildman–Crippen LogP) is 0.990. The van der Waals surface area contributed by atoms with Gasteiger partial charge in [-0.3, -0.25) is 9.48 Å². The Hall–Kier alpha value is -2.19. The van der Waals surface area contributed by atoms with Gasteiger partial charge in [-0.1, -0.05) is 6.92 Å². The highest BCUT2D eigenvalue weighted by molar-refractivity contribution is 7.89. The first-order chi connectivity index (χ1) is 10.9. The normalized spacial score (nSPS) is 11.7. The van der Waals surface area contributed by atoms with Crippen LogP contribution in [0.2, 0.25) is 0 Å². The molecule has 1 aromatic carbocycles. The van der Waals surface area contributed by atoms with Crippen molar-refractivity contribution in [2.24, 2.45) is 7.05 Å². The highest BCUT2D eigenvalue weighted by Crippen LogP contribution is 2.18. The van der Waals surface area contributed by atoms with Gasteiger partial charge >= 0.3 is 0 Å². The molecule has 1 aromatic heterocycles. The molecule has 0 unspecified atom stereocenters. The molecule has 2 rings (SSSR count). The minimum absolute atomic E-state index is 0.163. The van der Waals surface area contributed by atoms with Crippen molar-refractivity contribution in [1.82, 2.24) is 19.4 Å². The highest BCUT2D eigenvalue weighted by atomic mass is 32.2. The first-order valence-electron chi connectivity index (χ1n) is 7.18. The molecule has 0 aliphatic heterocycles. The van der Waals surface area contributed by atoms with Crippen molar-refractivity contribution in [1.29, 1.82) is 0 Å². The summed E-state index contributed by atoms with van der Waals surface area (Å²) >= 11 is 0. The van der Waals surface area contributed by atoms with Crippen molar-refractivity contribution < 1.29 is 13.2 Å². The van der Waals surface area contributed by atoms with E-state index in [0.29, 0.717) is 12.1 Å². The molecule has 2 aromatic rings. The van der Waals surface area contributed by atoms with Crippen LogP contribution in [0.1, 0.15) is 22.8 Å². The number of rotatable bonds is 6. The van der Waals surface area contributed by atoms with Crippen molar-refractivity contribution in [2.45, 2.75) is 18.4 Å². The van der Waals surface area contributed by atoms with E-state index in [2.05, 4.69) is 10.4 Å². The average Bonchev–Trinajstić information content (AvgIpc) is 2.97. The first-order valence-corrected chi connectivity index (χ1v) is 8.62. The molecule has 0 aliphatic carbocycles. The van der Waals surface area contributed by atoms with E-state index in [9.17, 15) is 13.2 Å². The summed E-state index contributed by atoms with van der Waals surface area (Å²) in [6.45, 7) is 2.38. The molecule has 0 spiro atoms. The third kappa shape index (κ3) is 3.77. The molecule has 1 amide bonds.